The molecule has 2 N–H and O–H groups in total. The molecular formula is C17H25N3O. The van der Waals surface area contributed by atoms with E-state index in [9.17, 15) is 4.79 Å². The number of carbonyl (C=O) groups is 1. The van der Waals surface area contributed by atoms with Gasteiger partial charge in [-0.15, -0.1) is 0 Å². The Balaban J connectivity index is 1.70. The molecule has 0 radical (unpaired) electrons. The summed E-state index contributed by atoms with van der Waals surface area (Å²) in [6.45, 7) is 6.43. The maximum absolute atomic E-state index is 12.0. The van der Waals surface area contributed by atoms with Gasteiger partial charge in [-0.2, -0.15) is 0 Å². The summed E-state index contributed by atoms with van der Waals surface area (Å²) in [5.41, 5.74) is 2.21. The molecule has 1 aromatic carbocycles. The van der Waals surface area contributed by atoms with Crippen molar-refractivity contribution in [3.05, 3.63) is 42.6 Å². The van der Waals surface area contributed by atoms with Crippen molar-refractivity contribution >= 4 is 11.6 Å². The third kappa shape index (κ3) is 4.81. The molecule has 21 heavy (non-hydrogen) atoms. The minimum absolute atomic E-state index is 0.157. The Hall–Kier alpha value is -1.97. The van der Waals surface area contributed by atoms with Gasteiger partial charge in [-0.25, -0.2) is 0 Å². The van der Waals surface area contributed by atoms with Crippen LogP contribution in [0.2, 0.25) is 0 Å². The van der Waals surface area contributed by atoms with Crippen molar-refractivity contribution in [2.45, 2.75) is 25.8 Å². The van der Waals surface area contributed by atoms with E-state index in [4.69, 9.17) is 0 Å². The van der Waals surface area contributed by atoms with Gasteiger partial charge in [0.25, 0.3) is 0 Å². The van der Waals surface area contributed by atoms with Gasteiger partial charge in [-0.05, 0) is 42.7 Å². The second-order valence-corrected chi connectivity index (χ2v) is 5.59. The van der Waals surface area contributed by atoms with Crippen molar-refractivity contribution in [3.63, 3.8) is 0 Å². The number of anilines is 1. The van der Waals surface area contributed by atoms with Crippen LogP contribution in [-0.4, -0.2) is 30.9 Å². The van der Waals surface area contributed by atoms with Crippen LogP contribution in [0.1, 0.15) is 24.8 Å². The van der Waals surface area contributed by atoms with Gasteiger partial charge in [0.2, 0.25) is 5.91 Å². The lowest BCUT2D eigenvalue weighted by atomic mass is 9.93. The molecule has 1 saturated heterocycles. The van der Waals surface area contributed by atoms with Crippen molar-refractivity contribution < 1.29 is 4.79 Å². The van der Waals surface area contributed by atoms with E-state index < -0.39 is 0 Å². The van der Waals surface area contributed by atoms with Gasteiger partial charge in [0.05, 0.1) is 0 Å². The lowest BCUT2D eigenvalue weighted by Crippen LogP contribution is -2.32. The number of nitrogens with one attached hydrogen (secondary N) is 2. The Morgan fingerprint density at radius 3 is 2.57 bits per heavy atom. The quantitative estimate of drug-likeness (QED) is 0.845. The summed E-state index contributed by atoms with van der Waals surface area (Å²) >= 11 is 0. The summed E-state index contributed by atoms with van der Waals surface area (Å²) in [6, 6.07) is 8.11. The van der Waals surface area contributed by atoms with Gasteiger partial charge < -0.3 is 15.5 Å². The molecule has 114 valence electrons. The number of carbonyl (C=O) groups excluding carboxylic acids is 1. The number of benzene rings is 1. The zero-order valence-electron chi connectivity index (χ0n) is 12.8. The predicted octanol–water partition coefficient (Wildman–Crippen LogP) is 2.59. The first-order valence-electron chi connectivity index (χ1n) is 7.61. The summed E-state index contributed by atoms with van der Waals surface area (Å²) in [6.07, 6.45) is 4.69. The maximum atomic E-state index is 12.0. The molecule has 0 aromatic heterocycles. The molecule has 1 heterocycles. The zero-order chi connectivity index (χ0) is 15.1. The summed E-state index contributed by atoms with van der Waals surface area (Å²) in [5, 5.41) is 6.10. The highest BCUT2D eigenvalue weighted by Crippen LogP contribution is 2.20. The topological polar surface area (TPSA) is 44.4 Å². The Morgan fingerprint density at radius 1 is 1.33 bits per heavy atom. The fraction of sp³-hybridized carbons (Fsp3) is 0.471. The molecule has 1 fully saturated rings. The van der Waals surface area contributed by atoms with Crippen LogP contribution in [0.3, 0.4) is 0 Å². The average Bonchev–Trinajstić information content (AvgIpc) is 2.54. The standard InChI is InChI=1S/C17H25N3O/c1-3-20-10-8-14(9-11-20)12-17(21)19-13-15-4-6-16(18-2)7-5-15/h3-7,14,18H,1,8-13H2,2H3,(H,19,21). The summed E-state index contributed by atoms with van der Waals surface area (Å²) < 4.78 is 0. The molecule has 0 atom stereocenters. The molecule has 1 aliphatic heterocycles. The highest BCUT2D eigenvalue weighted by Gasteiger charge is 2.19. The lowest BCUT2D eigenvalue weighted by Gasteiger charge is -2.30. The van der Waals surface area contributed by atoms with Gasteiger partial charge in [0, 0.05) is 38.8 Å². The highest BCUT2D eigenvalue weighted by molar-refractivity contribution is 5.76. The van der Waals surface area contributed by atoms with Crippen molar-refractivity contribution in [1.82, 2.24) is 10.2 Å². The zero-order valence-corrected chi connectivity index (χ0v) is 12.8. The maximum Gasteiger partial charge on any atom is 0.220 e. The van der Waals surface area contributed by atoms with Gasteiger partial charge in [0.1, 0.15) is 0 Å². The van der Waals surface area contributed by atoms with Crippen molar-refractivity contribution in [2.24, 2.45) is 5.92 Å². The summed E-state index contributed by atoms with van der Waals surface area (Å²) in [7, 11) is 1.90. The minimum Gasteiger partial charge on any atom is -0.388 e. The second-order valence-electron chi connectivity index (χ2n) is 5.59. The lowest BCUT2D eigenvalue weighted by molar-refractivity contribution is -0.122. The molecule has 0 spiro atoms. The molecule has 0 aliphatic carbocycles. The fourth-order valence-corrected chi connectivity index (χ4v) is 2.66. The Kier molecular flexibility index (Phi) is 5.67. The van der Waals surface area contributed by atoms with Gasteiger partial charge in [-0.3, -0.25) is 4.79 Å². The monoisotopic (exact) mass is 287 g/mol. The number of amides is 1. The Labute approximate surface area is 127 Å². The van der Waals surface area contributed by atoms with Crippen LogP contribution in [0.25, 0.3) is 0 Å². The third-order valence-electron chi connectivity index (χ3n) is 4.11. The highest BCUT2D eigenvalue weighted by atomic mass is 16.1. The van der Waals surface area contributed by atoms with Crippen LogP contribution < -0.4 is 10.6 Å². The van der Waals surface area contributed by atoms with Gasteiger partial charge in [-0.1, -0.05) is 18.7 Å². The Bertz CT molecular complexity index is 461. The molecular weight excluding hydrogens is 262 g/mol. The first-order valence-corrected chi connectivity index (χ1v) is 7.61. The SMILES string of the molecule is C=CN1CCC(CC(=O)NCc2ccc(NC)cc2)CC1. The number of piperidine rings is 1. The predicted molar refractivity (Wildman–Crippen MR) is 86.9 cm³/mol. The molecule has 1 aliphatic rings. The van der Waals surface area contributed by atoms with E-state index in [0.29, 0.717) is 18.9 Å². The molecule has 2 rings (SSSR count). The smallest absolute Gasteiger partial charge is 0.220 e. The van der Waals surface area contributed by atoms with Gasteiger partial charge in [0.15, 0.2) is 0 Å². The molecule has 4 nitrogen and oxygen atoms in total. The molecule has 4 heteroatoms. The molecule has 1 amide bonds. The first-order chi connectivity index (χ1) is 10.2. The van der Waals surface area contributed by atoms with E-state index in [-0.39, 0.29) is 5.91 Å². The van der Waals surface area contributed by atoms with E-state index in [1.165, 1.54) is 0 Å². The molecule has 0 unspecified atom stereocenters. The molecule has 1 aromatic rings. The van der Waals surface area contributed by atoms with Crippen molar-refractivity contribution in [2.75, 3.05) is 25.5 Å². The Morgan fingerprint density at radius 2 is 2.00 bits per heavy atom. The number of likely N-dealkylation sites (tertiary alicyclic amines) is 1. The van der Waals surface area contributed by atoms with Crippen LogP contribution in [0.15, 0.2) is 37.0 Å². The molecule has 0 bridgehead atoms. The normalized spacial score (nSPS) is 15.6. The minimum atomic E-state index is 0.157. The van der Waals surface area contributed by atoms with Crippen LogP contribution in [0.5, 0.6) is 0 Å². The third-order valence-corrected chi connectivity index (χ3v) is 4.11. The van der Waals surface area contributed by atoms with Gasteiger partial charge >= 0.3 is 0 Å². The van der Waals surface area contributed by atoms with Crippen LogP contribution in [0.4, 0.5) is 5.69 Å². The van der Waals surface area contributed by atoms with Crippen LogP contribution >= 0.6 is 0 Å². The fourth-order valence-electron chi connectivity index (χ4n) is 2.66. The van der Waals surface area contributed by atoms with E-state index >= 15 is 0 Å². The number of nitrogens with zero attached hydrogens (tertiary/aromatic N) is 1. The summed E-state index contributed by atoms with van der Waals surface area (Å²) in [4.78, 5) is 14.2. The molecule has 0 saturated carbocycles. The van der Waals surface area contributed by atoms with Crippen molar-refractivity contribution in [3.8, 4) is 0 Å². The number of rotatable bonds is 6. The van der Waals surface area contributed by atoms with E-state index in [0.717, 1.165) is 37.2 Å². The van der Waals surface area contributed by atoms with Crippen molar-refractivity contribution in [1.29, 1.82) is 0 Å². The number of hydrogen-bond acceptors (Lipinski definition) is 3. The largest absolute Gasteiger partial charge is 0.388 e. The summed E-state index contributed by atoms with van der Waals surface area (Å²) in [5.74, 6) is 0.664. The van der Waals surface area contributed by atoms with Crippen LogP contribution in [0, 0.1) is 5.92 Å². The van der Waals surface area contributed by atoms with E-state index in [1.807, 2.05) is 37.5 Å². The van der Waals surface area contributed by atoms with Crippen LogP contribution in [-0.2, 0) is 11.3 Å². The number of hydrogen-bond donors (Lipinski definition) is 2. The first kappa shape index (κ1) is 15.4. The van der Waals surface area contributed by atoms with E-state index in [1.54, 1.807) is 0 Å². The average molecular weight is 287 g/mol. The van der Waals surface area contributed by atoms with E-state index in [2.05, 4.69) is 22.1 Å². The second kappa shape index (κ2) is 7.72.